The number of nitrogens with two attached hydrogens (primary N) is 1. The summed E-state index contributed by atoms with van der Waals surface area (Å²) in [6.07, 6.45) is 1.73. The third-order valence-electron chi connectivity index (χ3n) is 6.29. The van der Waals surface area contributed by atoms with Gasteiger partial charge in [-0.15, -0.1) is 0 Å². The van der Waals surface area contributed by atoms with Crippen molar-refractivity contribution in [3.8, 4) is 0 Å². The molecule has 0 atom stereocenters. The summed E-state index contributed by atoms with van der Waals surface area (Å²) in [5.41, 5.74) is 10.1. The number of aromatic nitrogens is 2. The fourth-order valence-electron chi connectivity index (χ4n) is 4.45. The Balaban J connectivity index is 1.28. The van der Waals surface area contributed by atoms with Gasteiger partial charge in [0.25, 0.3) is 5.91 Å². The fraction of sp³-hybridized carbons (Fsp3) is 0.214. The zero-order valence-corrected chi connectivity index (χ0v) is 19.8. The van der Waals surface area contributed by atoms with Gasteiger partial charge in [-0.2, -0.15) is 0 Å². The number of primary amides is 1. The van der Waals surface area contributed by atoms with Crippen molar-refractivity contribution < 1.29 is 14.3 Å². The van der Waals surface area contributed by atoms with Crippen LogP contribution in [0, 0.1) is 0 Å². The number of hydrogen-bond donors (Lipinski definition) is 2. The van der Waals surface area contributed by atoms with Gasteiger partial charge in [-0.05, 0) is 35.4 Å². The number of ether oxygens (including phenoxy) is 1. The first-order chi connectivity index (χ1) is 17.6. The Morgan fingerprint density at radius 1 is 0.944 bits per heavy atom. The van der Waals surface area contributed by atoms with Gasteiger partial charge in [0.1, 0.15) is 12.1 Å². The number of benzene rings is 3. The SMILES string of the molecule is NC(=O)c1cccc2c(NCc3cccc(CC(=O)c4cccc(N5CCOCC5)c4)c3)ncnc12. The zero-order valence-electron chi connectivity index (χ0n) is 19.8. The molecule has 0 saturated carbocycles. The van der Waals surface area contributed by atoms with Crippen molar-refractivity contribution in [2.75, 3.05) is 36.5 Å². The Hall–Kier alpha value is -4.30. The monoisotopic (exact) mass is 481 g/mol. The molecule has 5 rings (SSSR count). The molecule has 36 heavy (non-hydrogen) atoms. The molecule has 182 valence electrons. The minimum atomic E-state index is -0.530. The van der Waals surface area contributed by atoms with Crippen molar-refractivity contribution in [1.29, 1.82) is 0 Å². The molecule has 8 heteroatoms. The number of amides is 1. The van der Waals surface area contributed by atoms with E-state index in [0.717, 1.165) is 35.3 Å². The number of anilines is 2. The second-order valence-electron chi connectivity index (χ2n) is 8.71. The molecule has 3 N–H and O–H groups in total. The van der Waals surface area contributed by atoms with E-state index in [-0.39, 0.29) is 5.78 Å². The predicted molar refractivity (Wildman–Crippen MR) is 139 cm³/mol. The lowest BCUT2D eigenvalue weighted by Crippen LogP contribution is -2.36. The first-order valence-electron chi connectivity index (χ1n) is 11.9. The molecule has 2 heterocycles. The van der Waals surface area contributed by atoms with Crippen molar-refractivity contribution in [2.45, 2.75) is 13.0 Å². The van der Waals surface area contributed by atoms with Crippen molar-refractivity contribution in [3.63, 3.8) is 0 Å². The first-order valence-corrected chi connectivity index (χ1v) is 11.9. The van der Waals surface area contributed by atoms with E-state index in [9.17, 15) is 9.59 Å². The maximum Gasteiger partial charge on any atom is 0.250 e. The number of fused-ring (bicyclic) bond motifs is 1. The van der Waals surface area contributed by atoms with E-state index in [1.165, 1.54) is 6.33 Å². The van der Waals surface area contributed by atoms with Crippen molar-refractivity contribution in [3.05, 3.63) is 95.3 Å². The average Bonchev–Trinajstić information content (AvgIpc) is 2.92. The molecule has 1 aliphatic heterocycles. The molecular formula is C28H27N5O3. The van der Waals surface area contributed by atoms with E-state index in [2.05, 4.69) is 20.2 Å². The normalized spacial score (nSPS) is 13.5. The summed E-state index contributed by atoms with van der Waals surface area (Å²) in [5.74, 6) is 0.165. The Morgan fingerprint density at radius 2 is 1.72 bits per heavy atom. The molecule has 8 nitrogen and oxygen atoms in total. The van der Waals surface area contributed by atoms with Gasteiger partial charge < -0.3 is 20.7 Å². The second-order valence-corrected chi connectivity index (χ2v) is 8.71. The third kappa shape index (κ3) is 5.18. The molecule has 1 saturated heterocycles. The van der Waals surface area contributed by atoms with Gasteiger partial charge in [-0.25, -0.2) is 9.97 Å². The summed E-state index contributed by atoms with van der Waals surface area (Å²) in [6.45, 7) is 3.57. The highest BCUT2D eigenvalue weighted by Crippen LogP contribution is 2.23. The molecule has 0 bridgehead atoms. The third-order valence-corrected chi connectivity index (χ3v) is 6.29. The summed E-state index contributed by atoms with van der Waals surface area (Å²) in [7, 11) is 0. The van der Waals surface area contributed by atoms with Crippen LogP contribution >= 0.6 is 0 Å². The number of rotatable bonds is 8. The lowest BCUT2D eigenvalue weighted by Gasteiger charge is -2.29. The number of para-hydroxylation sites is 1. The molecule has 1 aromatic heterocycles. The largest absolute Gasteiger partial charge is 0.378 e. The van der Waals surface area contributed by atoms with Crippen LogP contribution in [0.15, 0.2) is 73.1 Å². The number of Topliss-reactive ketones (excluding diaryl/α,β-unsaturated/α-hetero) is 1. The van der Waals surface area contributed by atoms with Gasteiger partial charge in [0, 0.05) is 42.7 Å². The van der Waals surface area contributed by atoms with Gasteiger partial charge in [-0.3, -0.25) is 9.59 Å². The van der Waals surface area contributed by atoms with Crippen LogP contribution in [0.1, 0.15) is 31.8 Å². The summed E-state index contributed by atoms with van der Waals surface area (Å²) in [4.78, 5) is 35.6. The molecule has 0 radical (unpaired) electrons. The van der Waals surface area contributed by atoms with Gasteiger partial charge in [0.15, 0.2) is 5.78 Å². The van der Waals surface area contributed by atoms with Crippen LogP contribution in [0.25, 0.3) is 10.9 Å². The number of carbonyl (C=O) groups excluding carboxylic acids is 2. The standard InChI is InChI=1S/C28H27N5O3/c29-27(35)23-8-3-9-24-26(23)31-18-32-28(24)30-17-20-5-1-4-19(14-20)15-25(34)21-6-2-7-22(16-21)33-10-12-36-13-11-33/h1-9,14,16,18H,10-13,15,17H2,(H2,29,35)(H,30,31,32). The minimum Gasteiger partial charge on any atom is -0.378 e. The molecule has 0 aliphatic carbocycles. The Kier molecular flexibility index (Phi) is 6.86. The quantitative estimate of drug-likeness (QED) is 0.370. The molecule has 3 aromatic carbocycles. The summed E-state index contributed by atoms with van der Waals surface area (Å²) in [5, 5.41) is 4.04. The van der Waals surface area contributed by atoms with E-state index in [0.29, 0.717) is 48.6 Å². The van der Waals surface area contributed by atoms with E-state index >= 15 is 0 Å². The van der Waals surface area contributed by atoms with Crippen LogP contribution < -0.4 is 16.0 Å². The number of morpholine rings is 1. The Bertz CT molecular complexity index is 1420. The summed E-state index contributed by atoms with van der Waals surface area (Å²) < 4.78 is 5.43. The summed E-state index contributed by atoms with van der Waals surface area (Å²) in [6, 6.07) is 21.0. The van der Waals surface area contributed by atoms with Crippen molar-refractivity contribution >= 4 is 34.1 Å². The molecular weight excluding hydrogens is 454 g/mol. The van der Waals surface area contributed by atoms with E-state index < -0.39 is 5.91 Å². The topological polar surface area (TPSA) is 110 Å². The Labute approximate surface area is 209 Å². The van der Waals surface area contributed by atoms with Crippen molar-refractivity contribution in [1.82, 2.24) is 9.97 Å². The molecule has 0 unspecified atom stereocenters. The van der Waals surface area contributed by atoms with E-state index in [1.807, 2.05) is 54.6 Å². The van der Waals surface area contributed by atoms with Gasteiger partial charge in [-0.1, -0.05) is 42.5 Å². The van der Waals surface area contributed by atoms with E-state index in [4.69, 9.17) is 10.5 Å². The van der Waals surface area contributed by atoms with Gasteiger partial charge in [0.2, 0.25) is 0 Å². The highest BCUT2D eigenvalue weighted by Gasteiger charge is 2.15. The highest BCUT2D eigenvalue weighted by atomic mass is 16.5. The lowest BCUT2D eigenvalue weighted by atomic mass is 10.0. The van der Waals surface area contributed by atoms with Crippen LogP contribution in [-0.4, -0.2) is 48.0 Å². The number of nitrogens with one attached hydrogen (secondary N) is 1. The highest BCUT2D eigenvalue weighted by molar-refractivity contribution is 6.06. The number of nitrogens with zero attached hydrogens (tertiary/aromatic N) is 3. The molecule has 1 amide bonds. The second kappa shape index (κ2) is 10.5. The van der Waals surface area contributed by atoms with Crippen LogP contribution in [0.4, 0.5) is 11.5 Å². The Morgan fingerprint density at radius 3 is 2.56 bits per heavy atom. The van der Waals surface area contributed by atoms with Crippen LogP contribution in [0.2, 0.25) is 0 Å². The van der Waals surface area contributed by atoms with Gasteiger partial charge in [0.05, 0.1) is 24.3 Å². The number of carbonyl (C=O) groups is 2. The van der Waals surface area contributed by atoms with Crippen molar-refractivity contribution in [2.24, 2.45) is 5.73 Å². The molecule has 4 aromatic rings. The molecule has 1 fully saturated rings. The average molecular weight is 482 g/mol. The number of hydrogen-bond acceptors (Lipinski definition) is 7. The molecule has 0 spiro atoms. The zero-order chi connectivity index (χ0) is 24.9. The van der Waals surface area contributed by atoms with Gasteiger partial charge >= 0.3 is 0 Å². The smallest absolute Gasteiger partial charge is 0.250 e. The maximum absolute atomic E-state index is 13.1. The van der Waals surface area contributed by atoms with Crippen LogP contribution in [-0.2, 0) is 17.7 Å². The number of ketones is 1. The summed E-state index contributed by atoms with van der Waals surface area (Å²) >= 11 is 0. The first kappa shape index (κ1) is 23.4. The lowest BCUT2D eigenvalue weighted by molar-refractivity contribution is 0.0988. The fourth-order valence-corrected chi connectivity index (χ4v) is 4.45. The van der Waals surface area contributed by atoms with Crippen LogP contribution in [0.3, 0.4) is 0 Å². The maximum atomic E-state index is 13.1. The van der Waals surface area contributed by atoms with Crippen LogP contribution in [0.5, 0.6) is 0 Å². The van der Waals surface area contributed by atoms with E-state index in [1.54, 1.807) is 12.1 Å². The minimum absolute atomic E-state index is 0.0796. The molecule has 1 aliphatic rings. The predicted octanol–water partition coefficient (Wildman–Crippen LogP) is 3.60.